The lowest BCUT2D eigenvalue weighted by molar-refractivity contribution is -0.146. The molecule has 0 spiro atoms. The first-order valence-corrected chi connectivity index (χ1v) is 10.2. The van der Waals surface area contributed by atoms with Gasteiger partial charge in [-0.05, 0) is 49.4 Å². The molecule has 7 aliphatic rings. The predicted molar refractivity (Wildman–Crippen MR) is 121 cm³/mol. The number of carbonyl (C=O) groups is 2. The standard InChI is InChI=1S/C22H20FN7O3/c1-22-19(31)25-9-8-24-12-2-4-13(5-3-12)28-21-26-11-15(23)18(30-21)27-14-6-7-17(33-22)16(10-14)29-20(22)32/h2-7,10-11,24H,8-9H2,1H3,(H,25,31)(H,29,32)(H2,26,27,28,30). The summed E-state index contributed by atoms with van der Waals surface area (Å²) in [6.45, 7) is 2.13. The summed E-state index contributed by atoms with van der Waals surface area (Å²) in [5, 5.41) is 14.5. The molecular weight excluding hydrogens is 429 g/mol. The molecule has 1 atom stereocenters. The number of ether oxygens (including phenoxy) is 1. The van der Waals surface area contributed by atoms with E-state index in [1.54, 1.807) is 18.2 Å². The molecule has 168 valence electrons. The number of hydrogen-bond acceptors (Lipinski definition) is 8. The lowest BCUT2D eigenvalue weighted by Gasteiger charge is -2.33. The van der Waals surface area contributed by atoms with Crippen molar-refractivity contribution in [2.45, 2.75) is 12.5 Å². The highest BCUT2D eigenvalue weighted by molar-refractivity contribution is 6.15. The molecule has 8 bridgehead atoms. The molecule has 1 aromatic heterocycles. The number of nitrogens with zero attached hydrogens (tertiary/aromatic N) is 2. The van der Waals surface area contributed by atoms with Gasteiger partial charge in [0.1, 0.15) is 5.75 Å². The van der Waals surface area contributed by atoms with Crippen molar-refractivity contribution in [2.24, 2.45) is 0 Å². The van der Waals surface area contributed by atoms with E-state index >= 15 is 0 Å². The summed E-state index contributed by atoms with van der Waals surface area (Å²) in [4.78, 5) is 33.7. The predicted octanol–water partition coefficient (Wildman–Crippen LogP) is 2.73. The van der Waals surface area contributed by atoms with Crippen LogP contribution >= 0.6 is 0 Å². The van der Waals surface area contributed by atoms with Gasteiger partial charge >= 0.3 is 0 Å². The fourth-order valence-electron chi connectivity index (χ4n) is 3.46. The molecule has 0 fully saturated rings. The van der Waals surface area contributed by atoms with Gasteiger partial charge in [-0.3, -0.25) is 9.59 Å². The van der Waals surface area contributed by atoms with E-state index < -0.39 is 23.2 Å². The molecule has 11 heteroatoms. The van der Waals surface area contributed by atoms with Crippen LogP contribution in [0.1, 0.15) is 6.92 Å². The Morgan fingerprint density at radius 2 is 1.64 bits per heavy atom. The van der Waals surface area contributed by atoms with Crippen LogP contribution in [0.25, 0.3) is 0 Å². The number of hydrogen-bond donors (Lipinski definition) is 5. The van der Waals surface area contributed by atoms with Crippen LogP contribution in [0.15, 0.2) is 48.7 Å². The molecule has 3 aromatic rings. The SMILES string of the molecule is CC12Oc3ccc(cc3NC1=O)Nc1nc(ncc1F)Nc1ccc(cc1)NCCNC2=O. The molecule has 10 rings (SSSR count). The summed E-state index contributed by atoms with van der Waals surface area (Å²) in [5.41, 5.74) is 0.618. The maximum atomic E-state index is 14.4. The molecule has 2 amide bonds. The second kappa shape index (κ2) is 7.93. The number of amides is 2. The van der Waals surface area contributed by atoms with Crippen molar-refractivity contribution >= 4 is 46.3 Å². The summed E-state index contributed by atoms with van der Waals surface area (Å²) in [5.74, 6) is -1.34. The van der Waals surface area contributed by atoms with Crippen molar-refractivity contribution in [1.29, 1.82) is 0 Å². The fourth-order valence-corrected chi connectivity index (χ4v) is 3.46. The minimum absolute atomic E-state index is 0.0487. The third-order valence-corrected chi connectivity index (χ3v) is 5.30. The number of anilines is 6. The highest BCUT2D eigenvalue weighted by Crippen LogP contribution is 2.36. The van der Waals surface area contributed by atoms with Crippen LogP contribution in [-0.2, 0) is 9.59 Å². The molecule has 7 aliphatic heterocycles. The first-order valence-electron chi connectivity index (χ1n) is 10.2. The van der Waals surface area contributed by atoms with Crippen molar-refractivity contribution in [2.75, 3.05) is 34.4 Å². The van der Waals surface area contributed by atoms with Crippen molar-refractivity contribution in [1.82, 2.24) is 15.3 Å². The number of halogens is 1. The van der Waals surface area contributed by atoms with E-state index in [-0.39, 0.29) is 18.3 Å². The van der Waals surface area contributed by atoms with Crippen LogP contribution in [0.4, 0.5) is 38.9 Å². The highest BCUT2D eigenvalue weighted by Gasteiger charge is 2.47. The smallest absolute Gasteiger partial charge is 0.278 e. The zero-order valence-corrected chi connectivity index (χ0v) is 17.5. The van der Waals surface area contributed by atoms with Gasteiger partial charge in [0, 0.05) is 30.2 Å². The summed E-state index contributed by atoms with van der Waals surface area (Å²) in [7, 11) is 0. The molecule has 1 unspecified atom stereocenters. The Labute approximate surface area is 188 Å². The molecule has 5 N–H and O–H groups in total. The van der Waals surface area contributed by atoms with E-state index in [1.807, 2.05) is 24.3 Å². The average molecular weight is 449 g/mol. The normalized spacial score (nSPS) is 19.5. The largest absolute Gasteiger partial charge is 0.466 e. The Morgan fingerprint density at radius 1 is 0.909 bits per heavy atom. The van der Waals surface area contributed by atoms with E-state index in [9.17, 15) is 14.0 Å². The zero-order chi connectivity index (χ0) is 23.0. The topological polar surface area (TPSA) is 129 Å². The van der Waals surface area contributed by atoms with Crippen LogP contribution in [0, 0.1) is 5.82 Å². The van der Waals surface area contributed by atoms with Gasteiger partial charge in [0.2, 0.25) is 5.95 Å². The van der Waals surface area contributed by atoms with E-state index in [0.29, 0.717) is 23.7 Å². The van der Waals surface area contributed by atoms with E-state index in [0.717, 1.165) is 17.6 Å². The fraction of sp³-hybridized carbons (Fsp3) is 0.182. The van der Waals surface area contributed by atoms with Crippen molar-refractivity contribution in [3.8, 4) is 5.75 Å². The number of nitrogens with one attached hydrogen (secondary N) is 5. The van der Waals surface area contributed by atoms with E-state index in [1.165, 1.54) is 6.92 Å². The maximum absolute atomic E-state index is 14.4. The van der Waals surface area contributed by atoms with Gasteiger partial charge in [-0.2, -0.15) is 4.98 Å². The van der Waals surface area contributed by atoms with Crippen LogP contribution in [-0.4, -0.2) is 40.5 Å². The van der Waals surface area contributed by atoms with E-state index in [2.05, 4.69) is 36.6 Å². The van der Waals surface area contributed by atoms with Gasteiger partial charge in [-0.15, -0.1) is 0 Å². The Kier molecular flexibility index (Phi) is 4.93. The third kappa shape index (κ3) is 3.95. The summed E-state index contributed by atoms with van der Waals surface area (Å²) in [6, 6.07) is 12.1. The summed E-state index contributed by atoms with van der Waals surface area (Å²) >= 11 is 0. The Hall–Kier alpha value is -4.41. The molecular formula is C22H20FN7O3. The number of benzene rings is 2. The molecule has 0 saturated carbocycles. The summed E-state index contributed by atoms with van der Waals surface area (Å²) < 4.78 is 20.2. The monoisotopic (exact) mass is 449 g/mol. The maximum Gasteiger partial charge on any atom is 0.278 e. The molecule has 2 aromatic carbocycles. The van der Waals surface area contributed by atoms with Gasteiger partial charge in [0.05, 0.1) is 11.9 Å². The first-order chi connectivity index (χ1) is 15.9. The molecule has 0 saturated heterocycles. The minimum Gasteiger partial charge on any atom is -0.466 e. The van der Waals surface area contributed by atoms with Crippen molar-refractivity contribution in [3.05, 3.63) is 54.5 Å². The molecule has 33 heavy (non-hydrogen) atoms. The van der Waals surface area contributed by atoms with E-state index in [4.69, 9.17) is 4.74 Å². The van der Waals surface area contributed by atoms with Gasteiger partial charge in [0.15, 0.2) is 11.6 Å². The van der Waals surface area contributed by atoms with Crippen LogP contribution in [0.5, 0.6) is 5.75 Å². The Morgan fingerprint density at radius 3 is 2.45 bits per heavy atom. The first kappa shape index (κ1) is 20.5. The highest BCUT2D eigenvalue weighted by atomic mass is 19.1. The van der Waals surface area contributed by atoms with Gasteiger partial charge in [0.25, 0.3) is 17.4 Å². The molecule has 8 heterocycles. The Balaban J connectivity index is 1.52. The lowest BCUT2D eigenvalue weighted by Crippen LogP contribution is -2.59. The molecule has 0 radical (unpaired) electrons. The van der Waals surface area contributed by atoms with Gasteiger partial charge < -0.3 is 31.3 Å². The second-order valence-corrected chi connectivity index (χ2v) is 7.70. The van der Waals surface area contributed by atoms with Crippen LogP contribution < -0.4 is 31.3 Å². The van der Waals surface area contributed by atoms with Crippen molar-refractivity contribution < 1.29 is 18.7 Å². The minimum atomic E-state index is -1.73. The number of aromatic nitrogens is 2. The van der Waals surface area contributed by atoms with Gasteiger partial charge in [-0.25, -0.2) is 9.37 Å². The molecule has 0 aliphatic carbocycles. The number of rotatable bonds is 0. The number of carbonyl (C=O) groups excluding carboxylic acids is 2. The second-order valence-electron chi connectivity index (χ2n) is 7.70. The molecule has 10 nitrogen and oxygen atoms in total. The average Bonchev–Trinajstić information content (AvgIpc) is 2.80. The van der Waals surface area contributed by atoms with Crippen LogP contribution in [0.2, 0.25) is 0 Å². The van der Waals surface area contributed by atoms with Gasteiger partial charge in [-0.1, -0.05) is 0 Å². The third-order valence-electron chi connectivity index (χ3n) is 5.30. The van der Waals surface area contributed by atoms with Crippen LogP contribution in [0.3, 0.4) is 0 Å². The zero-order valence-electron chi connectivity index (χ0n) is 17.5. The Bertz CT molecular complexity index is 1250. The lowest BCUT2D eigenvalue weighted by atomic mass is 10.0. The quantitative estimate of drug-likeness (QED) is 0.331. The summed E-state index contributed by atoms with van der Waals surface area (Å²) in [6.07, 6.45) is 1.06. The van der Waals surface area contributed by atoms with Crippen molar-refractivity contribution in [3.63, 3.8) is 0 Å².